The van der Waals surface area contributed by atoms with Crippen LogP contribution in [0.1, 0.15) is 48.6 Å². The number of urea groups is 1. The highest BCUT2D eigenvalue weighted by molar-refractivity contribution is 5.73. The molecule has 166 valence electrons. The van der Waals surface area contributed by atoms with Gasteiger partial charge in [-0.2, -0.15) is 13.2 Å². The molecule has 31 heavy (non-hydrogen) atoms. The van der Waals surface area contributed by atoms with Gasteiger partial charge in [-0.25, -0.2) is 4.79 Å². The zero-order valence-corrected chi connectivity index (χ0v) is 17.2. The number of hydrogen-bond acceptors (Lipinski definition) is 3. The zero-order valence-electron chi connectivity index (χ0n) is 17.2. The van der Waals surface area contributed by atoms with Crippen LogP contribution in [0.4, 0.5) is 23.7 Å². The van der Waals surface area contributed by atoms with Crippen molar-refractivity contribution in [3.63, 3.8) is 0 Å². The average Bonchev–Trinajstić information content (AvgIpc) is 2.77. The Bertz CT molecular complexity index is 920. The minimum absolute atomic E-state index is 0.0147. The number of carbonyl (C=O) groups excluding carboxylic acids is 1. The van der Waals surface area contributed by atoms with Gasteiger partial charge in [0.05, 0.1) is 23.8 Å². The van der Waals surface area contributed by atoms with E-state index in [1.165, 1.54) is 12.1 Å². The van der Waals surface area contributed by atoms with Gasteiger partial charge in [0.1, 0.15) is 0 Å². The number of amides is 2. The van der Waals surface area contributed by atoms with Gasteiger partial charge in [0.15, 0.2) is 0 Å². The van der Waals surface area contributed by atoms with Gasteiger partial charge < -0.3 is 20.7 Å². The molecule has 0 aromatic heterocycles. The predicted octanol–water partition coefficient (Wildman–Crippen LogP) is 5.03. The third-order valence-electron chi connectivity index (χ3n) is 5.96. The molecule has 2 amide bonds. The lowest BCUT2D eigenvalue weighted by molar-refractivity contribution is -0.138. The molecule has 0 unspecified atom stereocenters. The van der Waals surface area contributed by atoms with Crippen LogP contribution in [-0.4, -0.2) is 25.2 Å². The van der Waals surface area contributed by atoms with Gasteiger partial charge in [0.2, 0.25) is 0 Å². The van der Waals surface area contributed by atoms with E-state index >= 15 is 0 Å². The summed E-state index contributed by atoms with van der Waals surface area (Å²) in [6, 6.07) is 13.3. The maximum absolute atomic E-state index is 13.4. The van der Waals surface area contributed by atoms with Crippen LogP contribution in [0.5, 0.6) is 0 Å². The number of alkyl halides is 3. The third-order valence-corrected chi connectivity index (χ3v) is 5.96. The minimum Gasteiger partial charge on any atom is -0.378 e. The van der Waals surface area contributed by atoms with Crippen LogP contribution in [0.15, 0.2) is 48.5 Å². The highest BCUT2D eigenvalue weighted by atomic mass is 19.4. The molecule has 0 bridgehead atoms. The topological polar surface area (TPSA) is 62.4 Å². The standard InChI is InChI=1S/C23H26F3N3O2/c1-2-27-22(30)28-13-16-9-10-17-20(14-6-4-3-5-7-14)29-19-11-8-15(23(24,25)26)12-18(19)21(17)31-16/h3-8,11-12,16-17,20-21,29H,2,9-10,13H2,1H3,(H2,27,28,30)/t16-,17+,20+,21+/m1/s1. The molecule has 8 heteroatoms. The van der Waals surface area contributed by atoms with E-state index in [2.05, 4.69) is 16.0 Å². The number of benzene rings is 2. The fourth-order valence-electron chi connectivity index (χ4n) is 4.50. The monoisotopic (exact) mass is 433 g/mol. The Kier molecular flexibility index (Phi) is 6.09. The summed E-state index contributed by atoms with van der Waals surface area (Å²) in [5.41, 5.74) is 1.57. The first-order chi connectivity index (χ1) is 14.9. The SMILES string of the molecule is CCNC(=O)NC[C@H]1CC[C@@H]2[C@H](O1)c1cc(C(F)(F)F)ccc1N[C@H]2c1ccccc1. The third kappa shape index (κ3) is 4.63. The molecule has 4 rings (SSSR count). The van der Waals surface area contributed by atoms with Crippen molar-refractivity contribution in [2.45, 2.75) is 44.2 Å². The van der Waals surface area contributed by atoms with E-state index in [0.29, 0.717) is 30.8 Å². The van der Waals surface area contributed by atoms with Gasteiger partial charge in [-0.05, 0) is 43.5 Å². The summed E-state index contributed by atoms with van der Waals surface area (Å²) in [4.78, 5) is 11.7. The Morgan fingerprint density at radius 3 is 2.61 bits per heavy atom. The highest BCUT2D eigenvalue weighted by Crippen LogP contribution is 2.51. The summed E-state index contributed by atoms with van der Waals surface area (Å²) in [5, 5.41) is 8.90. The maximum atomic E-state index is 13.4. The van der Waals surface area contributed by atoms with E-state index in [0.717, 1.165) is 18.1 Å². The zero-order chi connectivity index (χ0) is 22.0. The van der Waals surface area contributed by atoms with Gasteiger partial charge in [-0.1, -0.05) is 30.3 Å². The summed E-state index contributed by atoms with van der Waals surface area (Å²) in [6.45, 7) is 2.65. The van der Waals surface area contributed by atoms with Gasteiger partial charge in [0.25, 0.3) is 0 Å². The van der Waals surface area contributed by atoms with Crippen molar-refractivity contribution >= 4 is 11.7 Å². The van der Waals surface area contributed by atoms with Crippen molar-refractivity contribution in [2.75, 3.05) is 18.4 Å². The minimum atomic E-state index is -4.42. The maximum Gasteiger partial charge on any atom is 0.416 e. The lowest BCUT2D eigenvalue weighted by Gasteiger charge is -2.46. The van der Waals surface area contributed by atoms with Crippen molar-refractivity contribution in [3.05, 3.63) is 65.2 Å². The summed E-state index contributed by atoms with van der Waals surface area (Å²) in [7, 11) is 0. The van der Waals surface area contributed by atoms with Gasteiger partial charge in [0, 0.05) is 30.3 Å². The van der Waals surface area contributed by atoms with Gasteiger partial charge in [-0.3, -0.25) is 0 Å². The molecule has 3 N–H and O–H groups in total. The summed E-state index contributed by atoms with van der Waals surface area (Å²) < 4.78 is 46.4. The van der Waals surface area contributed by atoms with Crippen molar-refractivity contribution < 1.29 is 22.7 Å². The van der Waals surface area contributed by atoms with E-state index in [9.17, 15) is 18.0 Å². The molecule has 0 saturated carbocycles. The highest BCUT2D eigenvalue weighted by Gasteiger charge is 2.43. The molecule has 5 nitrogen and oxygen atoms in total. The van der Waals surface area contributed by atoms with E-state index in [1.807, 2.05) is 37.3 Å². The van der Waals surface area contributed by atoms with Crippen molar-refractivity contribution in [3.8, 4) is 0 Å². The second-order valence-corrected chi connectivity index (χ2v) is 7.99. The van der Waals surface area contributed by atoms with Crippen molar-refractivity contribution in [1.29, 1.82) is 0 Å². The molecule has 2 aliphatic rings. The number of ether oxygens (including phenoxy) is 1. The smallest absolute Gasteiger partial charge is 0.378 e. The number of fused-ring (bicyclic) bond motifs is 3. The van der Waals surface area contributed by atoms with Crippen LogP contribution in [-0.2, 0) is 10.9 Å². The molecule has 0 aliphatic carbocycles. The van der Waals surface area contributed by atoms with Gasteiger partial charge >= 0.3 is 12.2 Å². The fourth-order valence-corrected chi connectivity index (χ4v) is 4.50. The summed E-state index contributed by atoms with van der Waals surface area (Å²) in [5.74, 6) is -0.0147. The van der Waals surface area contributed by atoms with Crippen LogP contribution < -0.4 is 16.0 Å². The second-order valence-electron chi connectivity index (χ2n) is 7.99. The number of nitrogens with one attached hydrogen (secondary N) is 3. The Morgan fingerprint density at radius 2 is 1.90 bits per heavy atom. The Morgan fingerprint density at radius 1 is 1.13 bits per heavy atom. The Labute approximate surface area is 179 Å². The van der Waals surface area contributed by atoms with Crippen LogP contribution >= 0.6 is 0 Å². The first-order valence-electron chi connectivity index (χ1n) is 10.6. The molecule has 2 heterocycles. The quantitative estimate of drug-likeness (QED) is 0.634. The second kappa shape index (κ2) is 8.78. The molecule has 2 aliphatic heterocycles. The van der Waals surface area contributed by atoms with E-state index < -0.39 is 17.8 Å². The summed E-state index contributed by atoms with van der Waals surface area (Å²) >= 11 is 0. The van der Waals surface area contributed by atoms with E-state index in [1.54, 1.807) is 0 Å². The Balaban J connectivity index is 1.63. The van der Waals surface area contributed by atoms with Crippen LogP contribution in [0.3, 0.4) is 0 Å². The normalized spacial score (nSPS) is 25.0. The molecule has 1 fully saturated rings. The predicted molar refractivity (Wildman–Crippen MR) is 112 cm³/mol. The van der Waals surface area contributed by atoms with Gasteiger partial charge in [-0.15, -0.1) is 0 Å². The number of halogens is 3. The van der Waals surface area contributed by atoms with Crippen LogP contribution in [0.25, 0.3) is 0 Å². The molecule has 0 radical (unpaired) electrons. The Hall–Kier alpha value is -2.74. The number of hydrogen-bond donors (Lipinski definition) is 3. The van der Waals surface area contributed by atoms with Crippen LogP contribution in [0, 0.1) is 5.92 Å². The molecule has 2 aromatic carbocycles. The van der Waals surface area contributed by atoms with Crippen molar-refractivity contribution in [2.24, 2.45) is 5.92 Å². The van der Waals surface area contributed by atoms with Crippen molar-refractivity contribution in [1.82, 2.24) is 10.6 Å². The number of rotatable bonds is 4. The van der Waals surface area contributed by atoms with E-state index in [4.69, 9.17) is 4.74 Å². The van der Waals surface area contributed by atoms with E-state index in [-0.39, 0.29) is 24.1 Å². The number of carbonyl (C=O) groups is 1. The molecule has 0 spiro atoms. The summed E-state index contributed by atoms with van der Waals surface area (Å²) in [6.07, 6.45) is -3.68. The number of anilines is 1. The molecule has 1 saturated heterocycles. The van der Waals surface area contributed by atoms with Crippen LogP contribution in [0.2, 0.25) is 0 Å². The lowest BCUT2D eigenvalue weighted by Crippen LogP contribution is -2.45. The average molecular weight is 433 g/mol. The lowest BCUT2D eigenvalue weighted by atomic mass is 9.76. The molecule has 4 atom stereocenters. The molecule has 2 aromatic rings. The largest absolute Gasteiger partial charge is 0.416 e. The first-order valence-corrected chi connectivity index (χ1v) is 10.6. The molecular formula is C23H26F3N3O2. The molecular weight excluding hydrogens is 407 g/mol. The fraction of sp³-hybridized carbons (Fsp3) is 0.435. The first kappa shape index (κ1) is 21.5.